The molecule has 150 valence electrons. The Hall–Kier alpha value is -2.68. The number of aromatic nitrogens is 4. The largest absolute Gasteiger partial charge is 0.350 e. The molecule has 1 fully saturated rings. The van der Waals surface area contributed by atoms with Gasteiger partial charge in [0.2, 0.25) is 5.91 Å². The quantitative estimate of drug-likeness (QED) is 0.750. The minimum Gasteiger partial charge on any atom is -0.350 e. The van der Waals surface area contributed by atoms with Crippen LogP contribution in [-0.4, -0.2) is 68.3 Å². The van der Waals surface area contributed by atoms with Gasteiger partial charge < -0.3 is 15.1 Å². The Kier molecular flexibility index (Phi) is 5.17. The lowest BCUT2D eigenvalue weighted by molar-refractivity contribution is -0.123. The Morgan fingerprint density at radius 1 is 1.36 bits per heavy atom. The number of carbonyl (C=O) groups is 2. The third kappa shape index (κ3) is 3.80. The maximum absolute atomic E-state index is 12.8. The number of H-pyrrole nitrogens is 1. The second kappa shape index (κ2) is 7.75. The number of likely N-dealkylation sites (tertiary alicyclic amines) is 1. The fourth-order valence-corrected chi connectivity index (χ4v) is 3.96. The van der Waals surface area contributed by atoms with Gasteiger partial charge in [0.15, 0.2) is 0 Å². The van der Waals surface area contributed by atoms with Crippen molar-refractivity contribution in [3.05, 3.63) is 34.9 Å². The zero-order valence-corrected chi connectivity index (χ0v) is 16.4. The summed E-state index contributed by atoms with van der Waals surface area (Å²) < 4.78 is 1.75. The monoisotopic (exact) mass is 385 g/mol. The second-order valence-electron chi connectivity index (χ2n) is 7.73. The highest BCUT2D eigenvalue weighted by atomic mass is 16.2. The summed E-state index contributed by atoms with van der Waals surface area (Å²) in [5.74, 6) is 0.445. The van der Waals surface area contributed by atoms with Crippen molar-refractivity contribution in [2.75, 3.05) is 26.7 Å². The molecule has 2 aliphatic heterocycles. The van der Waals surface area contributed by atoms with Crippen LogP contribution in [0, 0.1) is 5.92 Å². The second-order valence-corrected chi connectivity index (χ2v) is 7.73. The SMILES string of the molecule is CCn1ccc(C(=O)N2CCc3[nH]nc(CNC(=O)CC4CN(C)C4)c3C2)n1. The first-order valence-corrected chi connectivity index (χ1v) is 9.86. The number of aryl methyl sites for hydroxylation is 1. The van der Waals surface area contributed by atoms with E-state index in [-0.39, 0.29) is 11.8 Å². The van der Waals surface area contributed by atoms with E-state index in [0.29, 0.717) is 37.7 Å². The van der Waals surface area contributed by atoms with Crippen molar-refractivity contribution in [1.29, 1.82) is 0 Å². The van der Waals surface area contributed by atoms with Crippen LogP contribution in [0.2, 0.25) is 0 Å². The Labute approximate surface area is 164 Å². The van der Waals surface area contributed by atoms with Crippen LogP contribution < -0.4 is 5.32 Å². The van der Waals surface area contributed by atoms with Crippen molar-refractivity contribution in [1.82, 2.24) is 35.1 Å². The van der Waals surface area contributed by atoms with Crippen molar-refractivity contribution in [2.45, 2.75) is 39.4 Å². The molecule has 0 bridgehead atoms. The van der Waals surface area contributed by atoms with Gasteiger partial charge in [-0.05, 0) is 26.0 Å². The van der Waals surface area contributed by atoms with E-state index in [1.165, 1.54) is 0 Å². The van der Waals surface area contributed by atoms with Crippen molar-refractivity contribution in [2.24, 2.45) is 5.92 Å². The van der Waals surface area contributed by atoms with Crippen LogP contribution in [0.3, 0.4) is 0 Å². The number of carbonyl (C=O) groups excluding carboxylic acids is 2. The summed E-state index contributed by atoms with van der Waals surface area (Å²) in [6, 6.07) is 1.76. The van der Waals surface area contributed by atoms with Crippen LogP contribution in [0.1, 0.15) is 40.8 Å². The Bertz CT molecular complexity index is 866. The van der Waals surface area contributed by atoms with Gasteiger partial charge >= 0.3 is 0 Å². The van der Waals surface area contributed by atoms with Crippen LogP contribution in [0.4, 0.5) is 0 Å². The normalized spacial score (nSPS) is 17.3. The highest BCUT2D eigenvalue weighted by Crippen LogP contribution is 2.22. The molecule has 2 N–H and O–H groups in total. The lowest BCUT2D eigenvalue weighted by atomic mass is 9.97. The first kappa shape index (κ1) is 18.7. The van der Waals surface area contributed by atoms with Crippen molar-refractivity contribution >= 4 is 11.8 Å². The molecule has 0 saturated carbocycles. The average Bonchev–Trinajstić information content (AvgIpc) is 3.31. The van der Waals surface area contributed by atoms with E-state index in [4.69, 9.17) is 0 Å². The molecule has 28 heavy (non-hydrogen) atoms. The number of rotatable bonds is 6. The van der Waals surface area contributed by atoms with Crippen LogP contribution in [-0.2, 0) is 30.8 Å². The molecule has 0 atom stereocenters. The van der Waals surface area contributed by atoms with Crippen molar-refractivity contribution < 1.29 is 9.59 Å². The minimum atomic E-state index is -0.0665. The third-order valence-electron chi connectivity index (χ3n) is 5.56. The number of fused-ring (bicyclic) bond motifs is 1. The summed E-state index contributed by atoms with van der Waals surface area (Å²) in [7, 11) is 2.06. The highest BCUT2D eigenvalue weighted by molar-refractivity contribution is 5.92. The summed E-state index contributed by atoms with van der Waals surface area (Å²) in [6.45, 7) is 6.20. The lowest BCUT2D eigenvalue weighted by Crippen LogP contribution is -2.45. The van der Waals surface area contributed by atoms with Gasteiger partial charge in [-0.2, -0.15) is 10.2 Å². The van der Waals surface area contributed by atoms with E-state index in [2.05, 4.69) is 32.6 Å². The van der Waals surface area contributed by atoms with E-state index in [9.17, 15) is 9.59 Å². The molecule has 2 aliphatic rings. The topological polar surface area (TPSA) is 99.2 Å². The molecule has 0 radical (unpaired) electrons. The van der Waals surface area contributed by atoms with Gasteiger partial charge in [-0.3, -0.25) is 19.4 Å². The Morgan fingerprint density at radius 2 is 2.18 bits per heavy atom. The molecular weight excluding hydrogens is 358 g/mol. The molecule has 9 nitrogen and oxygen atoms in total. The molecular formula is C19H27N7O2. The molecule has 2 aromatic rings. The summed E-state index contributed by atoms with van der Waals surface area (Å²) in [5.41, 5.74) is 3.34. The van der Waals surface area contributed by atoms with Gasteiger partial charge in [-0.1, -0.05) is 0 Å². The number of hydrogen-bond acceptors (Lipinski definition) is 5. The predicted octanol–water partition coefficient (Wildman–Crippen LogP) is 0.393. The molecule has 0 aromatic carbocycles. The summed E-state index contributed by atoms with van der Waals surface area (Å²) in [5, 5.41) is 14.7. The van der Waals surface area contributed by atoms with Crippen molar-refractivity contribution in [3.8, 4) is 0 Å². The van der Waals surface area contributed by atoms with Crippen LogP contribution in [0.5, 0.6) is 0 Å². The van der Waals surface area contributed by atoms with Gasteiger partial charge in [-0.25, -0.2) is 0 Å². The zero-order valence-electron chi connectivity index (χ0n) is 16.4. The molecule has 4 rings (SSSR count). The van der Waals surface area contributed by atoms with E-state index < -0.39 is 0 Å². The van der Waals surface area contributed by atoms with Gasteiger partial charge in [0.1, 0.15) is 5.69 Å². The van der Waals surface area contributed by atoms with Crippen LogP contribution in [0.15, 0.2) is 12.3 Å². The number of hydrogen-bond donors (Lipinski definition) is 2. The number of nitrogens with zero attached hydrogens (tertiary/aromatic N) is 5. The third-order valence-corrected chi connectivity index (χ3v) is 5.56. The first-order valence-electron chi connectivity index (χ1n) is 9.86. The molecule has 1 saturated heterocycles. The molecule has 0 unspecified atom stereocenters. The molecule has 0 aliphatic carbocycles. The summed E-state index contributed by atoms with van der Waals surface area (Å²) >= 11 is 0. The molecule has 2 amide bonds. The minimum absolute atomic E-state index is 0.0590. The maximum Gasteiger partial charge on any atom is 0.274 e. The fraction of sp³-hybridized carbons (Fsp3) is 0.579. The van der Waals surface area contributed by atoms with Gasteiger partial charge in [-0.15, -0.1) is 0 Å². The smallest absolute Gasteiger partial charge is 0.274 e. The molecule has 0 spiro atoms. The predicted molar refractivity (Wildman–Crippen MR) is 102 cm³/mol. The van der Waals surface area contributed by atoms with E-state index >= 15 is 0 Å². The van der Waals surface area contributed by atoms with Crippen LogP contribution in [0.25, 0.3) is 0 Å². The maximum atomic E-state index is 12.8. The molecule has 9 heteroatoms. The summed E-state index contributed by atoms with van der Waals surface area (Å²) in [6.07, 6.45) is 3.11. The fourth-order valence-electron chi connectivity index (χ4n) is 3.96. The van der Waals surface area contributed by atoms with Gasteiger partial charge in [0.05, 0.1) is 12.2 Å². The van der Waals surface area contributed by atoms with E-state index in [0.717, 1.165) is 43.0 Å². The first-order chi connectivity index (χ1) is 13.5. The van der Waals surface area contributed by atoms with E-state index in [1.807, 2.05) is 13.1 Å². The summed E-state index contributed by atoms with van der Waals surface area (Å²) in [4.78, 5) is 28.9. The molecule has 4 heterocycles. The van der Waals surface area contributed by atoms with Crippen LogP contribution >= 0.6 is 0 Å². The highest BCUT2D eigenvalue weighted by Gasteiger charge is 2.28. The van der Waals surface area contributed by atoms with E-state index in [1.54, 1.807) is 15.6 Å². The zero-order chi connectivity index (χ0) is 19.7. The number of aromatic amines is 1. The molecule has 2 aromatic heterocycles. The lowest BCUT2D eigenvalue weighted by Gasteiger charge is -2.35. The average molecular weight is 385 g/mol. The standard InChI is InChI=1S/C19H27N7O2/c1-3-26-7-5-16(23-26)19(28)25-6-4-15-14(12-25)17(22-21-15)9-20-18(27)8-13-10-24(2)11-13/h5,7,13H,3-4,6,8-12H2,1-2H3,(H,20,27)(H,21,22). The van der Waals surface area contributed by atoms with Gasteiger partial charge in [0, 0.05) is 63.0 Å². The Morgan fingerprint density at radius 3 is 2.89 bits per heavy atom. The van der Waals surface area contributed by atoms with Crippen molar-refractivity contribution in [3.63, 3.8) is 0 Å². The number of amides is 2. The number of nitrogens with one attached hydrogen (secondary N) is 2. The Balaban J connectivity index is 1.36. The van der Waals surface area contributed by atoms with Gasteiger partial charge in [0.25, 0.3) is 5.91 Å².